The number of hydrogen-bond donors (Lipinski definition) is 0. The summed E-state index contributed by atoms with van der Waals surface area (Å²) in [7, 11) is 0. The molecule has 66 valence electrons. The van der Waals surface area contributed by atoms with Crippen LogP contribution < -0.4 is 4.73 Å². The largest absolute Gasteiger partial charge is 0.618 e. The van der Waals surface area contributed by atoms with Crippen LogP contribution in [0.5, 0.6) is 0 Å². The fourth-order valence-electron chi connectivity index (χ4n) is 1.21. The molecule has 0 aliphatic heterocycles. The highest BCUT2D eigenvalue weighted by atomic mass is 16.5. The van der Waals surface area contributed by atoms with Crippen LogP contribution in [-0.2, 0) is 0 Å². The second-order valence-corrected chi connectivity index (χ2v) is 2.82. The van der Waals surface area contributed by atoms with E-state index >= 15 is 0 Å². The van der Waals surface area contributed by atoms with Crippen molar-refractivity contribution in [2.24, 2.45) is 0 Å². The van der Waals surface area contributed by atoms with E-state index in [0.717, 1.165) is 4.73 Å². The standard InChI is InChI=1S/C10H9NO2/c1-8-4-2-5-9(11(8)12)10-6-3-7-13-10/h2-7H,1H3. The second-order valence-electron chi connectivity index (χ2n) is 2.82. The van der Waals surface area contributed by atoms with Crippen LogP contribution in [0.1, 0.15) is 5.69 Å². The average molecular weight is 175 g/mol. The van der Waals surface area contributed by atoms with E-state index in [2.05, 4.69) is 0 Å². The maximum Gasteiger partial charge on any atom is 0.259 e. The van der Waals surface area contributed by atoms with Gasteiger partial charge in [0.2, 0.25) is 0 Å². The molecule has 13 heavy (non-hydrogen) atoms. The van der Waals surface area contributed by atoms with Crippen LogP contribution in [0.3, 0.4) is 0 Å². The van der Waals surface area contributed by atoms with Gasteiger partial charge >= 0.3 is 0 Å². The predicted octanol–water partition coefficient (Wildman–Crippen LogP) is 1.89. The normalized spacial score (nSPS) is 10.2. The van der Waals surface area contributed by atoms with Gasteiger partial charge in [-0.3, -0.25) is 0 Å². The maximum atomic E-state index is 11.5. The Morgan fingerprint density at radius 2 is 2.08 bits per heavy atom. The van der Waals surface area contributed by atoms with E-state index in [9.17, 15) is 5.21 Å². The molecule has 2 aromatic heterocycles. The molecule has 0 aromatic carbocycles. The van der Waals surface area contributed by atoms with Crippen molar-refractivity contribution in [3.8, 4) is 11.5 Å². The van der Waals surface area contributed by atoms with Gasteiger partial charge in [0.25, 0.3) is 5.69 Å². The Balaban J connectivity index is 2.59. The van der Waals surface area contributed by atoms with Crippen molar-refractivity contribution in [1.29, 1.82) is 0 Å². The van der Waals surface area contributed by atoms with Gasteiger partial charge < -0.3 is 9.62 Å². The number of nitrogens with zero attached hydrogens (tertiary/aromatic N) is 1. The number of aryl methyl sites for hydroxylation is 1. The molecule has 0 N–H and O–H groups in total. The molecule has 0 bridgehead atoms. The molecule has 0 saturated carbocycles. The van der Waals surface area contributed by atoms with Crippen molar-refractivity contribution in [3.63, 3.8) is 0 Å². The van der Waals surface area contributed by atoms with E-state index in [0.29, 0.717) is 17.1 Å². The lowest BCUT2D eigenvalue weighted by atomic mass is 10.2. The Morgan fingerprint density at radius 1 is 1.23 bits per heavy atom. The molecule has 0 fully saturated rings. The van der Waals surface area contributed by atoms with Crippen LogP contribution in [0.15, 0.2) is 41.0 Å². The zero-order chi connectivity index (χ0) is 9.26. The topological polar surface area (TPSA) is 40.1 Å². The van der Waals surface area contributed by atoms with E-state index < -0.39 is 0 Å². The first-order valence-electron chi connectivity index (χ1n) is 4.02. The average Bonchev–Trinajstić information content (AvgIpc) is 2.62. The zero-order valence-electron chi connectivity index (χ0n) is 7.23. The Labute approximate surface area is 75.8 Å². The van der Waals surface area contributed by atoms with Crippen molar-refractivity contribution < 1.29 is 9.15 Å². The third-order valence-corrected chi connectivity index (χ3v) is 1.90. The highest BCUT2D eigenvalue weighted by Gasteiger charge is 2.11. The summed E-state index contributed by atoms with van der Waals surface area (Å²) in [5.74, 6) is 0.596. The van der Waals surface area contributed by atoms with Crippen LogP contribution >= 0.6 is 0 Å². The molecule has 0 aliphatic rings. The quantitative estimate of drug-likeness (QED) is 0.490. The molecule has 0 aliphatic carbocycles. The Kier molecular flexibility index (Phi) is 1.77. The molecule has 3 nitrogen and oxygen atoms in total. The first-order chi connectivity index (χ1) is 6.29. The van der Waals surface area contributed by atoms with Crippen molar-refractivity contribution in [1.82, 2.24) is 0 Å². The monoisotopic (exact) mass is 175 g/mol. The third-order valence-electron chi connectivity index (χ3n) is 1.90. The van der Waals surface area contributed by atoms with Crippen molar-refractivity contribution in [2.75, 3.05) is 0 Å². The fourth-order valence-corrected chi connectivity index (χ4v) is 1.21. The van der Waals surface area contributed by atoms with Gasteiger partial charge in [-0.1, -0.05) is 0 Å². The van der Waals surface area contributed by atoms with Gasteiger partial charge in [-0.05, 0) is 18.2 Å². The lowest BCUT2D eigenvalue weighted by molar-refractivity contribution is -0.601. The SMILES string of the molecule is Cc1cccc(-c2ccco2)[n+]1[O-]. The van der Waals surface area contributed by atoms with Gasteiger partial charge in [-0.15, -0.1) is 0 Å². The van der Waals surface area contributed by atoms with E-state index in [4.69, 9.17) is 4.42 Å². The van der Waals surface area contributed by atoms with Gasteiger partial charge in [0, 0.05) is 19.1 Å². The minimum absolute atomic E-state index is 0.546. The molecule has 0 spiro atoms. The van der Waals surface area contributed by atoms with Crippen molar-refractivity contribution >= 4 is 0 Å². The van der Waals surface area contributed by atoms with Gasteiger partial charge in [-0.2, -0.15) is 4.73 Å². The molecule has 0 saturated heterocycles. The molecule has 3 heteroatoms. The molecule has 2 heterocycles. The van der Waals surface area contributed by atoms with Crippen LogP contribution in [0.2, 0.25) is 0 Å². The van der Waals surface area contributed by atoms with Crippen molar-refractivity contribution in [3.05, 3.63) is 47.5 Å². The second kappa shape index (κ2) is 2.94. The lowest BCUT2D eigenvalue weighted by Crippen LogP contribution is -2.32. The zero-order valence-corrected chi connectivity index (χ0v) is 7.23. The molecular formula is C10H9NO2. The van der Waals surface area contributed by atoms with Gasteiger partial charge in [0.05, 0.1) is 6.26 Å². The van der Waals surface area contributed by atoms with Gasteiger partial charge in [-0.25, -0.2) is 0 Å². The summed E-state index contributed by atoms with van der Waals surface area (Å²) in [5.41, 5.74) is 1.21. The smallest absolute Gasteiger partial charge is 0.259 e. The summed E-state index contributed by atoms with van der Waals surface area (Å²) in [6.07, 6.45) is 1.55. The van der Waals surface area contributed by atoms with Crippen LogP contribution in [0.25, 0.3) is 11.5 Å². The minimum atomic E-state index is 0.546. The predicted molar refractivity (Wildman–Crippen MR) is 47.8 cm³/mol. The summed E-state index contributed by atoms with van der Waals surface area (Å²) in [5, 5.41) is 11.5. The van der Waals surface area contributed by atoms with Crippen molar-refractivity contribution in [2.45, 2.75) is 6.92 Å². The fraction of sp³-hybridized carbons (Fsp3) is 0.100. The highest BCUT2D eigenvalue weighted by molar-refractivity contribution is 5.47. The molecule has 0 radical (unpaired) electrons. The number of rotatable bonds is 1. The van der Waals surface area contributed by atoms with Crippen LogP contribution in [0.4, 0.5) is 0 Å². The van der Waals surface area contributed by atoms with E-state index in [-0.39, 0.29) is 0 Å². The molecule has 0 atom stereocenters. The van der Waals surface area contributed by atoms with E-state index in [1.165, 1.54) is 0 Å². The molecular weight excluding hydrogens is 166 g/mol. The third kappa shape index (κ3) is 1.28. The maximum absolute atomic E-state index is 11.5. The molecule has 2 rings (SSSR count). The van der Waals surface area contributed by atoms with E-state index in [1.807, 2.05) is 6.07 Å². The summed E-state index contributed by atoms with van der Waals surface area (Å²) in [6, 6.07) is 8.86. The summed E-state index contributed by atoms with van der Waals surface area (Å²) in [6.45, 7) is 1.76. The van der Waals surface area contributed by atoms with Crippen LogP contribution in [0, 0.1) is 12.1 Å². The number of hydrogen-bond acceptors (Lipinski definition) is 2. The van der Waals surface area contributed by atoms with E-state index in [1.54, 1.807) is 37.5 Å². The number of furan rings is 1. The Bertz CT molecular complexity index is 407. The Morgan fingerprint density at radius 3 is 2.77 bits per heavy atom. The van der Waals surface area contributed by atoms with Crippen LogP contribution in [-0.4, -0.2) is 0 Å². The molecule has 2 aromatic rings. The highest BCUT2D eigenvalue weighted by Crippen LogP contribution is 2.15. The molecule has 0 amide bonds. The van der Waals surface area contributed by atoms with Gasteiger partial charge in [0.1, 0.15) is 0 Å². The first kappa shape index (κ1) is 7.86. The summed E-state index contributed by atoms with van der Waals surface area (Å²) in [4.78, 5) is 0. The lowest BCUT2D eigenvalue weighted by Gasteiger charge is -2.03. The minimum Gasteiger partial charge on any atom is -0.618 e. The first-order valence-corrected chi connectivity index (χ1v) is 4.02. The Hall–Kier alpha value is -1.77. The number of pyridine rings is 1. The number of aromatic nitrogens is 1. The summed E-state index contributed by atoms with van der Waals surface area (Å²) < 4.78 is 5.99. The molecule has 0 unspecified atom stereocenters. The summed E-state index contributed by atoms with van der Waals surface area (Å²) >= 11 is 0. The van der Waals surface area contributed by atoms with Gasteiger partial charge in [0.15, 0.2) is 11.5 Å².